The number of fused-ring (bicyclic) bond motifs is 8. The molecule has 2 aliphatic rings. The topological polar surface area (TPSA) is 46.5 Å². The van der Waals surface area contributed by atoms with Gasteiger partial charge in [-0.3, -0.25) is 0 Å². The second-order valence-electron chi connectivity index (χ2n) is 13.5. The predicted molar refractivity (Wildman–Crippen MR) is 236 cm³/mol. The minimum atomic E-state index is 0. The second-order valence-corrected chi connectivity index (χ2v) is 13.5. The van der Waals surface area contributed by atoms with Crippen LogP contribution in [-0.4, -0.2) is 19.5 Å². The fourth-order valence-corrected chi connectivity index (χ4v) is 7.35. The molecule has 0 atom stereocenters. The van der Waals surface area contributed by atoms with Gasteiger partial charge in [-0.05, 0) is 83.5 Å². The standard InChI is InChI=1S/C44H30N4.C8H7.Pt/c1-5-13-30(14-6-1)41-39-26-25-36(47-39)28-35-22-21-33(45-35)27-34-23-24-37(46-34)29-40-42(31-15-7-2-8-16-31)43(32-17-9-3-10-18-32)44(41)48(40)38-19-11-4-12-20-38;1-2-8-6-4-3-5-7-8;/h1-29,45H;2,4-7H,1H2;/q;-1;. The minimum Gasteiger partial charge on any atom is -0.355 e. The van der Waals surface area contributed by atoms with Crippen molar-refractivity contribution < 1.29 is 21.1 Å². The van der Waals surface area contributed by atoms with E-state index < -0.39 is 0 Å². The summed E-state index contributed by atoms with van der Waals surface area (Å²) in [6, 6.07) is 63.9. The summed E-state index contributed by atoms with van der Waals surface area (Å²) in [6.45, 7) is 3.62. The molecular formula is C52H37N4Pt-. The number of rotatable bonds is 5. The number of para-hydroxylation sites is 1. The van der Waals surface area contributed by atoms with E-state index in [2.05, 4.69) is 198 Å². The van der Waals surface area contributed by atoms with E-state index in [1.807, 2.05) is 30.3 Å². The van der Waals surface area contributed by atoms with Crippen molar-refractivity contribution in [3.63, 3.8) is 0 Å². The number of hydrogen-bond donors (Lipinski definition) is 1. The first-order chi connectivity index (χ1) is 27.7. The van der Waals surface area contributed by atoms with Crippen LogP contribution in [0, 0.1) is 6.07 Å². The molecule has 0 saturated heterocycles. The van der Waals surface area contributed by atoms with Crippen LogP contribution < -0.4 is 0 Å². The molecule has 5 heteroatoms. The number of H-pyrrole nitrogens is 1. The SMILES string of the molecule is C1=Cc2cc3c(-c4ccccc4)c(-c4ccccc4)c(c(-c4ccccc4)c4nc(cc5ccc(cc1n2)[nH]5)C=C4)n3-c1ccccc1.C=Cc1cc[c-]cc1.[Pt]. The average Bonchev–Trinajstić information content (AvgIpc) is 4.08. The smallest absolute Gasteiger partial charge is 0.0737 e. The molecule has 0 spiro atoms. The Morgan fingerprint density at radius 3 is 1.56 bits per heavy atom. The van der Waals surface area contributed by atoms with Crippen LogP contribution in [0.5, 0.6) is 0 Å². The molecule has 4 nitrogen and oxygen atoms in total. The molecule has 8 aromatic rings. The molecule has 1 N–H and O–H groups in total. The van der Waals surface area contributed by atoms with Crippen molar-refractivity contribution in [1.29, 1.82) is 0 Å². The van der Waals surface area contributed by atoms with Crippen molar-refractivity contribution in [3.8, 4) is 39.1 Å². The molecule has 8 bridgehead atoms. The van der Waals surface area contributed by atoms with Gasteiger partial charge in [0, 0.05) is 54.5 Å². The van der Waals surface area contributed by atoms with Gasteiger partial charge in [-0.2, -0.15) is 30.3 Å². The van der Waals surface area contributed by atoms with Gasteiger partial charge in [-0.1, -0.05) is 115 Å². The molecule has 276 valence electrons. The Morgan fingerprint density at radius 2 is 1.00 bits per heavy atom. The molecule has 2 aliphatic heterocycles. The first kappa shape index (κ1) is 37.1. The summed E-state index contributed by atoms with van der Waals surface area (Å²) in [7, 11) is 0. The van der Waals surface area contributed by atoms with Crippen molar-refractivity contribution in [2.24, 2.45) is 0 Å². The number of nitrogens with zero attached hydrogens (tertiary/aromatic N) is 3. The van der Waals surface area contributed by atoms with E-state index in [0.717, 1.165) is 89.5 Å². The Balaban J connectivity index is 0.000000454. The van der Waals surface area contributed by atoms with E-state index in [4.69, 9.17) is 9.97 Å². The number of benzene rings is 5. The fraction of sp³-hybridized carbons (Fsp3) is 0. The first-order valence-corrected chi connectivity index (χ1v) is 18.7. The van der Waals surface area contributed by atoms with Gasteiger partial charge in [0.2, 0.25) is 0 Å². The third-order valence-electron chi connectivity index (χ3n) is 9.85. The van der Waals surface area contributed by atoms with Crippen molar-refractivity contribution >= 4 is 52.4 Å². The monoisotopic (exact) mass is 912 g/mol. The van der Waals surface area contributed by atoms with Gasteiger partial charge in [0.15, 0.2) is 0 Å². The van der Waals surface area contributed by atoms with Gasteiger partial charge in [-0.25, -0.2) is 9.97 Å². The van der Waals surface area contributed by atoms with E-state index in [-0.39, 0.29) is 21.1 Å². The molecule has 0 unspecified atom stereocenters. The van der Waals surface area contributed by atoms with Gasteiger partial charge in [-0.15, -0.1) is 12.1 Å². The maximum absolute atomic E-state index is 5.29. The van der Waals surface area contributed by atoms with Gasteiger partial charge >= 0.3 is 0 Å². The fourth-order valence-electron chi connectivity index (χ4n) is 7.35. The normalized spacial score (nSPS) is 11.3. The Bertz CT molecular complexity index is 2890. The van der Waals surface area contributed by atoms with Crippen molar-refractivity contribution in [2.45, 2.75) is 0 Å². The summed E-state index contributed by atoms with van der Waals surface area (Å²) in [5.74, 6) is 0. The maximum atomic E-state index is 5.29. The van der Waals surface area contributed by atoms with Crippen LogP contribution in [0.2, 0.25) is 0 Å². The summed E-state index contributed by atoms with van der Waals surface area (Å²) in [4.78, 5) is 13.9. The van der Waals surface area contributed by atoms with Gasteiger partial charge in [0.25, 0.3) is 0 Å². The zero-order chi connectivity index (χ0) is 37.7. The van der Waals surface area contributed by atoms with Crippen LogP contribution in [0.15, 0.2) is 183 Å². The Morgan fingerprint density at radius 1 is 0.509 bits per heavy atom. The Kier molecular flexibility index (Phi) is 11.0. The summed E-state index contributed by atoms with van der Waals surface area (Å²) in [5, 5.41) is 0. The average molecular weight is 913 g/mol. The third-order valence-corrected chi connectivity index (χ3v) is 9.85. The number of aromatic amines is 1. The quantitative estimate of drug-likeness (QED) is 0.175. The summed E-state index contributed by atoms with van der Waals surface area (Å²) in [5.41, 5.74) is 16.6. The van der Waals surface area contributed by atoms with Gasteiger partial charge < -0.3 is 9.55 Å². The van der Waals surface area contributed by atoms with Crippen molar-refractivity contribution in [3.05, 3.63) is 217 Å². The number of nitrogens with one attached hydrogen (secondary N) is 1. The van der Waals surface area contributed by atoms with E-state index in [1.54, 1.807) is 0 Å². The zero-order valence-electron chi connectivity index (χ0n) is 31.0. The van der Waals surface area contributed by atoms with E-state index in [0.29, 0.717) is 0 Å². The van der Waals surface area contributed by atoms with Crippen molar-refractivity contribution in [2.75, 3.05) is 0 Å². The molecule has 57 heavy (non-hydrogen) atoms. The Labute approximate surface area is 347 Å². The van der Waals surface area contributed by atoms with Crippen LogP contribution in [0.4, 0.5) is 0 Å². The molecule has 5 aromatic carbocycles. The van der Waals surface area contributed by atoms with Gasteiger partial charge in [0.1, 0.15) is 0 Å². The zero-order valence-corrected chi connectivity index (χ0v) is 33.3. The van der Waals surface area contributed by atoms with Crippen LogP contribution in [0.3, 0.4) is 0 Å². The maximum Gasteiger partial charge on any atom is 0.0737 e. The van der Waals surface area contributed by atoms with Crippen LogP contribution in [0.25, 0.3) is 91.5 Å². The summed E-state index contributed by atoms with van der Waals surface area (Å²) < 4.78 is 2.41. The molecule has 0 fully saturated rings. The Hall–Kier alpha value is -6.87. The summed E-state index contributed by atoms with van der Waals surface area (Å²) >= 11 is 0. The molecule has 3 aromatic heterocycles. The number of hydrogen-bond acceptors (Lipinski definition) is 2. The van der Waals surface area contributed by atoms with Gasteiger partial charge in [0.05, 0.1) is 33.8 Å². The first-order valence-electron chi connectivity index (χ1n) is 18.7. The van der Waals surface area contributed by atoms with Crippen LogP contribution in [-0.2, 0) is 21.1 Å². The van der Waals surface area contributed by atoms with Crippen LogP contribution in [0.1, 0.15) is 28.3 Å². The predicted octanol–water partition coefficient (Wildman–Crippen LogP) is 13.2. The van der Waals surface area contributed by atoms with E-state index >= 15 is 0 Å². The largest absolute Gasteiger partial charge is 0.355 e. The molecule has 0 radical (unpaired) electrons. The molecule has 0 aliphatic carbocycles. The molecule has 0 amide bonds. The van der Waals surface area contributed by atoms with Crippen LogP contribution >= 0.6 is 0 Å². The third kappa shape index (κ3) is 7.82. The summed E-state index contributed by atoms with van der Waals surface area (Å²) in [6.07, 6.45) is 10.3. The number of aromatic nitrogens is 4. The second kappa shape index (κ2) is 16.9. The molecule has 5 heterocycles. The van der Waals surface area contributed by atoms with E-state index in [9.17, 15) is 0 Å². The minimum absolute atomic E-state index is 0. The van der Waals surface area contributed by atoms with Crippen molar-refractivity contribution in [1.82, 2.24) is 19.5 Å². The van der Waals surface area contributed by atoms with E-state index in [1.165, 1.54) is 0 Å². The molecule has 0 saturated carbocycles. The molecular weight excluding hydrogens is 876 g/mol. The molecule has 10 rings (SSSR count).